The molecule has 0 fully saturated rings. The molecule has 0 aliphatic heterocycles. The third kappa shape index (κ3) is 3.41. The molecular weight excluding hydrogens is 272 g/mol. The van der Waals surface area contributed by atoms with Crippen molar-refractivity contribution in [2.24, 2.45) is 0 Å². The molecule has 0 spiro atoms. The first-order valence-electron chi connectivity index (χ1n) is 4.68. The summed E-state index contributed by atoms with van der Waals surface area (Å²) < 4.78 is 1.18. The van der Waals surface area contributed by atoms with Gasteiger partial charge in [0.2, 0.25) is 0 Å². The molecule has 0 amide bonds. The molecule has 0 unspecified atom stereocenters. The second-order valence-corrected chi connectivity index (χ2v) is 5.71. The van der Waals surface area contributed by atoms with Crippen molar-refractivity contribution in [3.05, 3.63) is 50.9 Å². The Kier molecular flexibility index (Phi) is 3.88. The van der Waals surface area contributed by atoms with Crippen LogP contribution in [0.1, 0.15) is 10.4 Å². The van der Waals surface area contributed by atoms with Gasteiger partial charge < -0.3 is 5.32 Å². The lowest BCUT2D eigenvalue weighted by Crippen LogP contribution is -2.11. The van der Waals surface area contributed by atoms with Crippen molar-refractivity contribution in [3.8, 4) is 0 Å². The van der Waals surface area contributed by atoms with Crippen LogP contribution in [0.25, 0.3) is 0 Å². The van der Waals surface area contributed by atoms with Crippen LogP contribution in [-0.2, 0) is 13.1 Å². The molecule has 0 atom stereocenters. The van der Waals surface area contributed by atoms with Gasteiger partial charge in [-0.1, -0.05) is 0 Å². The van der Waals surface area contributed by atoms with Crippen LogP contribution in [0.3, 0.4) is 0 Å². The minimum Gasteiger partial charge on any atom is -0.308 e. The van der Waals surface area contributed by atoms with Crippen molar-refractivity contribution in [3.63, 3.8) is 0 Å². The standard InChI is InChI=1S/C11H11BrN2S/c12-11-2-1-10(15-11)8-14-7-9-3-5-13-6-4-9/h1-6,14H,7-8H2. The molecule has 2 aromatic heterocycles. The lowest BCUT2D eigenvalue weighted by Gasteiger charge is -2.02. The van der Waals surface area contributed by atoms with E-state index >= 15 is 0 Å². The normalized spacial score (nSPS) is 10.5. The van der Waals surface area contributed by atoms with Crippen molar-refractivity contribution >= 4 is 27.3 Å². The molecule has 0 aliphatic rings. The van der Waals surface area contributed by atoms with E-state index in [9.17, 15) is 0 Å². The van der Waals surface area contributed by atoms with Gasteiger partial charge in [-0.2, -0.15) is 0 Å². The van der Waals surface area contributed by atoms with Crippen LogP contribution >= 0.6 is 27.3 Å². The first-order valence-corrected chi connectivity index (χ1v) is 6.29. The van der Waals surface area contributed by atoms with E-state index in [-0.39, 0.29) is 0 Å². The van der Waals surface area contributed by atoms with E-state index in [2.05, 4.69) is 38.4 Å². The van der Waals surface area contributed by atoms with E-state index in [1.807, 2.05) is 24.5 Å². The average Bonchev–Trinajstić information content (AvgIpc) is 2.66. The highest BCUT2D eigenvalue weighted by Gasteiger charge is 1.97. The summed E-state index contributed by atoms with van der Waals surface area (Å²) in [5.74, 6) is 0. The Balaban J connectivity index is 1.80. The average molecular weight is 283 g/mol. The minimum atomic E-state index is 0.887. The van der Waals surface area contributed by atoms with Gasteiger partial charge in [0, 0.05) is 30.4 Å². The highest BCUT2D eigenvalue weighted by Crippen LogP contribution is 2.21. The quantitative estimate of drug-likeness (QED) is 0.932. The van der Waals surface area contributed by atoms with Gasteiger partial charge in [-0.15, -0.1) is 11.3 Å². The molecule has 0 aromatic carbocycles. The smallest absolute Gasteiger partial charge is 0.0701 e. The van der Waals surface area contributed by atoms with Crippen molar-refractivity contribution in [1.82, 2.24) is 10.3 Å². The topological polar surface area (TPSA) is 24.9 Å². The molecule has 2 aromatic rings. The van der Waals surface area contributed by atoms with Gasteiger partial charge in [-0.3, -0.25) is 4.98 Å². The number of hydrogen-bond acceptors (Lipinski definition) is 3. The minimum absolute atomic E-state index is 0.887. The van der Waals surface area contributed by atoms with Crippen LogP contribution < -0.4 is 5.32 Å². The van der Waals surface area contributed by atoms with Crippen molar-refractivity contribution < 1.29 is 0 Å². The van der Waals surface area contributed by atoms with E-state index in [1.54, 1.807) is 11.3 Å². The lowest BCUT2D eigenvalue weighted by molar-refractivity contribution is 0.700. The number of hydrogen-bond donors (Lipinski definition) is 1. The first kappa shape index (κ1) is 10.8. The Hall–Kier alpha value is -0.710. The van der Waals surface area contributed by atoms with Crippen LogP contribution in [0.15, 0.2) is 40.4 Å². The molecule has 2 nitrogen and oxygen atoms in total. The first-order chi connectivity index (χ1) is 7.34. The van der Waals surface area contributed by atoms with Gasteiger partial charge in [0.05, 0.1) is 3.79 Å². The van der Waals surface area contributed by atoms with Gasteiger partial charge in [0.1, 0.15) is 0 Å². The molecule has 0 aliphatic carbocycles. The molecule has 0 saturated carbocycles. The fraction of sp³-hybridized carbons (Fsp3) is 0.182. The lowest BCUT2D eigenvalue weighted by atomic mass is 10.3. The Morgan fingerprint density at radius 1 is 1.13 bits per heavy atom. The molecule has 4 heteroatoms. The van der Waals surface area contributed by atoms with Crippen LogP contribution in [0.2, 0.25) is 0 Å². The summed E-state index contributed by atoms with van der Waals surface area (Å²) in [6.45, 7) is 1.80. The summed E-state index contributed by atoms with van der Waals surface area (Å²) in [5.41, 5.74) is 1.26. The summed E-state index contributed by atoms with van der Waals surface area (Å²) >= 11 is 5.22. The van der Waals surface area contributed by atoms with Crippen LogP contribution in [0.4, 0.5) is 0 Å². The van der Waals surface area contributed by atoms with Gasteiger partial charge in [0.15, 0.2) is 0 Å². The Morgan fingerprint density at radius 2 is 1.93 bits per heavy atom. The molecule has 15 heavy (non-hydrogen) atoms. The zero-order valence-electron chi connectivity index (χ0n) is 8.11. The number of rotatable bonds is 4. The summed E-state index contributed by atoms with van der Waals surface area (Å²) in [6, 6.07) is 8.26. The van der Waals surface area contributed by atoms with Crippen molar-refractivity contribution in [1.29, 1.82) is 0 Å². The maximum atomic E-state index is 3.98. The molecule has 2 heterocycles. The number of aromatic nitrogens is 1. The van der Waals surface area contributed by atoms with E-state index in [0.717, 1.165) is 13.1 Å². The van der Waals surface area contributed by atoms with Gasteiger partial charge in [-0.25, -0.2) is 0 Å². The van der Waals surface area contributed by atoms with Crippen molar-refractivity contribution in [2.45, 2.75) is 13.1 Å². The molecule has 0 radical (unpaired) electrons. The maximum absolute atomic E-state index is 3.98. The second-order valence-electron chi connectivity index (χ2n) is 3.16. The van der Waals surface area contributed by atoms with E-state index in [0.29, 0.717) is 0 Å². The molecule has 0 saturated heterocycles. The molecular formula is C11H11BrN2S. The van der Waals surface area contributed by atoms with E-state index in [4.69, 9.17) is 0 Å². The second kappa shape index (κ2) is 5.39. The summed E-state index contributed by atoms with van der Waals surface area (Å²) in [5, 5.41) is 3.39. The zero-order chi connectivity index (χ0) is 10.5. The predicted molar refractivity (Wildman–Crippen MR) is 66.8 cm³/mol. The monoisotopic (exact) mass is 282 g/mol. The van der Waals surface area contributed by atoms with Gasteiger partial charge in [0.25, 0.3) is 0 Å². The molecule has 1 N–H and O–H groups in total. The zero-order valence-corrected chi connectivity index (χ0v) is 10.5. The fourth-order valence-electron chi connectivity index (χ4n) is 1.28. The van der Waals surface area contributed by atoms with Gasteiger partial charge >= 0.3 is 0 Å². The predicted octanol–water partition coefficient (Wildman–Crippen LogP) is 3.20. The van der Waals surface area contributed by atoms with Crippen molar-refractivity contribution in [2.75, 3.05) is 0 Å². The third-order valence-electron chi connectivity index (χ3n) is 2.01. The number of nitrogens with zero attached hydrogens (tertiary/aromatic N) is 1. The highest BCUT2D eigenvalue weighted by atomic mass is 79.9. The fourth-order valence-corrected chi connectivity index (χ4v) is 2.73. The number of thiophene rings is 1. The number of nitrogens with one attached hydrogen (secondary N) is 1. The Labute approximate surface area is 101 Å². The number of pyridine rings is 1. The summed E-state index contributed by atoms with van der Waals surface area (Å²) in [4.78, 5) is 5.33. The van der Waals surface area contributed by atoms with Crippen LogP contribution in [-0.4, -0.2) is 4.98 Å². The Morgan fingerprint density at radius 3 is 2.60 bits per heavy atom. The molecule has 78 valence electrons. The Bertz CT molecular complexity index is 414. The van der Waals surface area contributed by atoms with Gasteiger partial charge in [-0.05, 0) is 45.8 Å². The third-order valence-corrected chi connectivity index (χ3v) is 3.63. The van der Waals surface area contributed by atoms with Crippen LogP contribution in [0, 0.1) is 0 Å². The van der Waals surface area contributed by atoms with E-state index in [1.165, 1.54) is 14.2 Å². The summed E-state index contributed by atoms with van der Waals surface area (Å²) in [7, 11) is 0. The summed E-state index contributed by atoms with van der Waals surface area (Å²) in [6.07, 6.45) is 3.64. The van der Waals surface area contributed by atoms with Crippen LogP contribution in [0.5, 0.6) is 0 Å². The number of halogens is 1. The highest BCUT2D eigenvalue weighted by molar-refractivity contribution is 9.11. The molecule has 2 rings (SSSR count). The van der Waals surface area contributed by atoms with E-state index < -0.39 is 0 Å². The SMILES string of the molecule is Brc1ccc(CNCc2ccncc2)s1. The molecule has 0 bridgehead atoms. The maximum Gasteiger partial charge on any atom is 0.0701 e. The largest absolute Gasteiger partial charge is 0.308 e.